The van der Waals surface area contributed by atoms with E-state index in [1.165, 1.54) is 50.7 Å². The quantitative estimate of drug-likeness (QED) is 0.155. The zero-order valence-corrected chi connectivity index (χ0v) is 16.1. The maximum atomic E-state index is 12.2. The molecule has 0 bridgehead atoms. The third-order valence-corrected chi connectivity index (χ3v) is 4.55. The fourth-order valence-corrected chi connectivity index (χ4v) is 3.02. The smallest absolute Gasteiger partial charge is 0.170 e. The number of hydrogen-bond acceptors (Lipinski definition) is 4. The zero-order chi connectivity index (χ0) is 18.9. The molecule has 0 heterocycles. The lowest BCUT2D eigenvalue weighted by Gasteiger charge is -2.17. The third kappa shape index (κ3) is 8.28. The Balaban J connectivity index is 2.12. The SMILES string of the molecule is CC(C)(C)CCCCCCCCCCC(=O)c1c(N)ccc(O)c1O. The molecule has 0 radical (unpaired) electrons. The van der Waals surface area contributed by atoms with Crippen molar-refractivity contribution in [2.24, 2.45) is 5.41 Å². The second kappa shape index (κ2) is 10.3. The normalized spacial score (nSPS) is 11.6. The fraction of sp³-hybridized carbons (Fsp3) is 0.667. The first-order chi connectivity index (χ1) is 11.7. The number of aromatic hydroxyl groups is 2. The van der Waals surface area contributed by atoms with Gasteiger partial charge in [0.05, 0.1) is 5.56 Å². The molecule has 0 aromatic heterocycles. The van der Waals surface area contributed by atoms with Crippen LogP contribution in [0.3, 0.4) is 0 Å². The Morgan fingerprint density at radius 2 is 1.44 bits per heavy atom. The number of unbranched alkanes of at least 4 members (excludes halogenated alkanes) is 7. The summed E-state index contributed by atoms with van der Waals surface area (Å²) in [5, 5.41) is 19.3. The number of ketones is 1. The lowest BCUT2D eigenvalue weighted by atomic mass is 9.89. The van der Waals surface area contributed by atoms with Crippen molar-refractivity contribution in [3.8, 4) is 11.5 Å². The molecule has 0 aliphatic carbocycles. The van der Waals surface area contributed by atoms with Gasteiger partial charge >= 0.3 is 0 Å². The molecule has 0 amide bonds. The van der Waals surface area contributed by atoms with Gasteiger partial charge < -0.3 is 15.9 Å². The number of phenolic OH excluding ortho intramolecular Hbond substituents is 2. The topological polar surface area (TPSA) is 83.6 Å². The first-order valence-electron chi connectivity index (χ1n) is 9.56. The van der Waals surface area contributed by atoms with Crippen LogP contribution in [-0.2, 0) is 0 Å². The molecule has 142 valence electrons. The number of carbonyl (C=O) groups excluding carboxylic acids is 1. The van der Waals surface area contributed by atoms with Gasteiger partial charge in [-0.15, -0.1) is 0 Å². The van der Waals surface area contributed by atoms with Crippen molar-refractivity contribution in [2.75, 3.05) is 5.73 Å². The number of benzene rings is 1. The number of Topliss-reactive ketones (excluding diaryl/α,β-unsaturated/α-hetero) is 1. The zero-order valence-electron chi connectivity index (χ0n) is 16.1. The highest BCUT2D eigenvalue weighted by Gasteiger charge is 2.17. The van der Waals surface area contributed by atoms with Crippen molar-refractivity contribution in [3.05, 3.63) is 17.7 Å². The van der Waals surface area contributed by atoms with Crippen molar-refractivity contribution in [2.45, 2.75) is 85.0 Å². The number of rotatable bonds is 11. The molecule has 1 aromatic rings. The Labute approximate surface area is 152 Å². The van der Waals surface area contributed by atoms with E-state index in [9.17, 15) is 15.0 Å². The number of hydrogen-bond donors (Lipinski definition) is 3. The van der Waals surface area contributed by atoms with Gasteiger partial charge in [-0.3, -0.25) is 4.79 Å². The number of carbonyl (C=O) groups is 1. The Bertz CT molecular complexity index is 547. The number of phenols is 2. The predicted octanol–water partition coefficient (Wildman–Crippen LogP) is 5.81. The molecule has 1 rings (SSSR count). The molecule has 0 saturated heterocycles. The molecule has 25 heavy (non-hydrogen) atoms. The summed E-state index contributed by atoms with van der Waals surface area (Å²) in [6.07, 6.45) is 11.0. The largest absolute Gasteiger partial charge is 0.504 e. The summed E-state index contributed by atoms with van der Waals surface area (Å²) in [6, 6.07) is 2.74. The van der Waals surface area contributed by atoms with Crippen LogP contribution in [0.25, 0.3) is 0 Å². The molecular weight excluding hydrogens is 314 g/mol. The third-order valence-electron chi connectivity index (χ3n) is 4.55. The summed E-state index contributed by atoms with van der Waals surface area (Å²) in [5.74, 6) is -0.905. The van der Waals surface area contributed by atoms with Gasteiger partial charge in [-0.1, -0.05) is 65.7 Å². The Morgan fingerprint density at radius 1 is 0.920 bits per heavy atom. The van der Waals surface area contributed by atoms with Crippen molar-refractivity contribution < 1.29 is 15.0 Å². The molecule has 4 nitrogen and oxygen atoms in total. The van der Waals surface area contributed by atoms with Crippen molar-refractivity contribution >= 4 is 11.5 Å². The molecule has 0 atom stereocenters. The van der Waals surface area contributed by atoms with E-state index in [0.29, 0.717) is 11.8 Å². The van der Waals surface area contributed by atoms with Gasteiger partial charge in [0.15, 0.2) is 17.3 Å². The summed E-state index contributed by atoms with van der Waals surface area (Å²) in [4.78, 5) is 12.2. The van der Waals surface area contributed by atoms with Gasteiger partial charge in [0.1, 0.15) is 0 Å². The van der Waals surface area contributed by atoms with Crippen LogP contribution in [0.15, 0.2) is 12.1 Å². The van der Waals surface area contributed by atoms with Crippen LogP contribution >= 0.6 is 0 Å². The van der Waals surface area contributed by atoms with Crippen LogP contribution in [0.2, 0.25) is 0 Å². The second-order valence-electron chi connectivity index (χ2n) is 8.21. The van der Waals surface area contributed by atoms with E-state index in [1.807, 2.05) is 0 Å². The van der Waals surface area contributed by atoms with Crippen LogP contribution in [-0.4, -0.2) is 16.0 Å². The van der Waals surface area contributed by atoms with Crippen molar-refractivity contribution in [1.29, 1.82) is 0 Å². The van der Waals surface area contributed by atoms with Crippen LogP contribution in [0.1, 0.15) is 95.3 Å². The minimum atomic E-state index is -0.403. The summed E-state index contributed by atoms with van der Waals surface area (Å²) >= 11 is 0. The van der Waals surface area contributed by atoms with Gasteiger partial charge in [0.2, 0.25) is 0 Å². The lowest BCUT2D eigenvalue weighted by Crippen LogP contribution is -2.04. The maximum Gasteiger partial charge on any atom is 0.170 e. The Kier molecular flexibility index (Phi) is 8.81. The van der Waals surface area contributed by atoms with E-state index in [2.05, 4.69) is 20.8 Å². The monoisotopic (exact) mass is 349 g/mol. The van der Waals surface area contributed by atoms with Crippen LogP contribution in [0.4, 0.5) is 5.69 Å². The van der Waals surface area contributed by atoms with E-state index >= 15 is 0 Å². The number of nitrogen functional groups attached to an aromatic ring is 1. The highest BCUT2D eigenvalue weighted by Crippen LogP contribution is 2.34. The maximum absolute atomic E-state index is 12.2. The minimum absolute atomic E-state index is 0.0545. The molecule has 0 fully saturated rings. The Hall–Kier alpha value is -1.71. The van der Waals surface area contributed by atoms with Gasteiger partial charge in [-0.25, -0.2) is 0 Å². The second-order valence-corrected chi connectivity index (χ2v) is 8.21. The van der Waals surface area contributed by atoms with Crippen LogP contribution < -0.4 is 5.73 Å². The molecule has 0 aliphatic heterocycles. The van der Waals surface area contributed by atoms with Crippen LogP contribution in [0.5, 0.6) is 11.5 Å². The Morgan fingerprint density at radius 3 is 2.00 bits per heavy atom. The average Bonchev–Trinajstić information content (AvgIpc) is 2.52. The highest BCUT2D eigenvalue weighted by atomic mass is 16.3. The fourth-order valence-electron chi connectivity index (χ4n) is 3.02. The molecule has 0 saturated carbocycles. The van der Waals surface area contributed by atoms with E-state index in [4.69, 9.17) is 5.73 Å². The van der Waals surface area contributed by atoms with E-state index in [1.54, 1.807) is 0 Å². The lowest BCUT2D eigenvalue weighted by molar-refractivity contribution is 0.0976. The van der Waals surface area contributed by atoms with Gasteiger partial charge in [-0.05, 0) is 30.4 Å². The molecule has 4 N–H and O–H groups in total. The number of anilines is 1. The van der Waals surface area contributed by atoms with Crippen LogP contribution in [0, 0.1) is 5.41 Å². The molecule has 1 aromatic carbocycles. The molecular formula is C21H35NO3. The number of nitrogens with two attached hydrogens (primary N) is 1. The van der Waals surface area contributed by atoms with Gasteiger partial charge in [0.25, 0.3) is 0 Å². The standard InChI is InChI=1S/C21H35NO3/c1-21(2,3)15-11-9-7-5-4-6-8-10-12-17(23)19-16(22)13-14-18(24)20(19)25/h13-14,24-25H,4-12,15,22H2,1-3H3. The van der Waals surface area contributed by atoms with E-state index in [-0.39, 0.29) is 22.8 Å². The highest BCUT2D eigenvalue weighted by molar-refractivity contribution is 6.04. The van der Waals surface area contributed by atoms with E-state index in [0.717, 1.165) is 19.3 Å². The van der Waals surface area contributed by atoms with Crippen molar-refractivity contribution in [1.82, 2.24) is 0 Å². The summed E-state index contributed by atoms with van der Waals surface area (Å²) in [7, 11) is 0. The predicted molar refractivity (Wildman–Crippen MR) is 104 cm³/mol. The molecule has 0 aliphatic rings. The van der Waals surface area contributed by atoms with Gasteiger partial charge in [-0.2, -0.15) is 0 Å². The van der Waals surface area contributed by atoms with Crippen molar-refractivity contribution in [3.63, 3.8) is 0 Å². The summed E-state index contributed by atoms with van der Waals surface area (Å²) in [6.45, 7) is 6.87. The molecule has 0 unspecified atom stereocenters. The summed E-state index contributed by atoms with van der Waals surface area (Å²) in [5.41, 5.74) is 6.45. The first-order valence-corrected chi connectivity index (χ1v) is 9.56. The minimum Gasteiger partial charge on any atom is -0.504 e. The first kappa shape index (κ1) is 21.3. The summed E-state index contributed by atoms with van der Waals surface area (Å²) < 4.78 is 0. The van der Waals surface area contributed by atoms with Gasteiger partial charge in [0, 0.05) is 12.1 Å². The van der Waals surface area contributed by atoms with E-state index < -0.39 is 5.75 Å². The average molecular weight is 350 g/mol. The molecule has 0 spiro atoms. The molecule has 4 heteroatoms.